The minimum absolute atomic E-state index is 0.0247. The van der Waals surface area contributed by atoms with Crippen LogP contribution in [0.3, 0.4) is 0 Å². The molecule has 0 saturated carbocycles. The Morgan fingerprint density at radius 1 is 0.886 bits per heavy atom. The monoisotopic (exact) mass is 1090 g/mol. The highest BCUT2D eigenvalue weighted by Crippen LogP contribution is 2.46. The standard InChI is InChI=1S/C58H69FN8O12/c1-5-58(78)40-28-45-54-38(31-67(45)56(76)39(40)32-79-57(58)77)53-42(17-16-37-34(3)41(59)29-44(64-54)52(37)53)62-50(73)21-24-65(4)25-22-60-48(71)20-18-46(69)43(27-35-12-8-6-9-13-35)63-49(72)19-15-36(68)30-61-47(70)14-10-7-11-23-66-51(74)26-33(2)55(66)75/h6,8-9,12-13,28-29,33,42-43,78H,5,7,10-11,14-27,30-32H2,1-4H3,(H,60,71)(H,61,70)(H,62,73)(H,63,72)/t33?,42-,43-,58-/m0/s1. The molecule has 420 valence electrons. The van der Waals surface area contributed by atoms with Gasteiger partial charge in [0.15, 0.2) is 17.2 Å². The quantitative estimate of drug-likeness (QED) is 0.0301. The molecule has 1 saturated heterocycles. The summed E-state index contributed by atoms with van der Waals surface area (Å²) in [7, 11) is 1.81. The predicted molar refractivity (Wildman–Crippen MR) is 286 cm³/mol. The zero-order valence-corrected chi connectivity index (χ0v) is 45.2. The molecule has 3 aliphatic heterocycles. The Balaban J connectivity index is 0.779. The van der Waals surface area contributed by atoms with E-state index in [9.17, 15) is 53.1 Å². The molecule has 1 unspecified atom stereocenters. The summed E-state index contributed by atoms with van der Waals surface area (Å²) >= 11 is 0. The number of carbonyl (C=O) groups is 9. The van der Waals surface area contributed by atoms with Gasteiger partial charge in [-0.3, -0.25) is 48.1 Å². The number of likely N-dealkylation sites (N-methyl/N-ethyl adjacent to an activating group) is 1. The zero-order chi connectivity index (χ0) is 56.7. The molecule has 8 rings (SSSR count). The second kappa shape index (κ2) is 25.1. The Bertz CT molecular complexity index is 3160. The molecular weight excluding hydrogens is 1020 g/mol. The Kier molecular flexibility index (Phi) is 18.3. The van der Waals surface area contributed by atoms with Crippen molar-refractivity contribution in [1.29, 1.82) is 0 Å². The number of fused-ring (bicyclic) bond motifs is 5. The van der Waals surface area contributed by atoms with E-state index in [-0.39, 0.29) is 142 Å². The summed E-state index contributed by atoms with van der Waals surface area (Å²) < 4.78 is 22.2. The summed E-state index contributed by atoms with van der Waals surface area (Å²) in [5, 5.41) is 23.4. The number of rotatable bonds is 26. The van der Waals surface area contributed by atoms with Crippen molar-refractivity contribution >= 4 is 63.9 Å². The maximum absolute atomic E-state index is 15.4. The molecule has 1 aliphatic carbocycles. The SMILES string of the molecule is CC[C@@]1(O)C(=O)OCc2c1cc1n(c2=O)Cc2c-1nc1cc(F)c(C)c3c1c2[C@@H](NC(=O)CCN(C)CCNC(=O)CCC(=O)[C@H](Cc1ccccc1)NC(=O)CCC(=O)CNC(=O)CCCCCN1C(=O)CC(C)C1=O)CC3. The van der Waals surface area contributed by atoms with Gasteiger partial charge in [-0.2, -0.15) is 0 Å². The van der Waals surface area contributed by atoms with Crippen molar-refractivity contribution in [2.45, 2.75) is 141 Å². The van der Waals surface area contributed by atoms with E-state index < -0.39 is 40.9 Å². The molecule has 20 nitrogen and oxygen atoms in total. The van der Waals surface area contributed by atoms with E-state index in [1.165, 1.54) is 15.5 Å². The highest BCUT2D eigenvalue weighted by atomic mass is 19.1. The first-order chi connectivity index (χ1) is 37.8. The first kappa shape index (κ1) is 57.6. The van der Waals surface area contributed by atoms with E-state index in [4.69, 9.17) is 9.72 Å². The second-order valence-corrected chi connectivity index (χ2v) is 21.3. The van der Waals surface area contributed by atoms with E-state index in [2.05, 4.69) is 21.3 Å². The van der Waals surface area contributed by atoms with Gasteiger partial charge in [0.25, 0.3) is 5.56 Å². The number of aryl methyl sites for hydroxylation is 1. The number of pyridine rings is 2. The van der Waals surface area contributed by atoms with Crippen LogP contribution in [0.1, 0.15) is 136 Å². The number of cyclic esters (lactones) is 1. The number of aromatic nitrogens is 2. The van der Waals surface area contributed by atoms with Gasteiger partial charge in [-0.15, -0.1) is 0 Å². The van der Waals surface area contributed by atoms with Crippen LogP contribution in [-0.2, 0) is 79.5 Å². The highest BCUT2D eigenvalue weighted by molar-refractivity contribution is 6.03. The van der Waals surface area contributed by atoms with Gasteiger partial charge >= 0.3 is 5.97 Å². The molecule has 5 heterocycles. The molecule has 4 aliphatic rings. The molecule has 0 bridgehead atoms. The van der Waals surface area contributed by atoms with Gasteiger partial charge in [0.2, 0.25) is 35.4 Å². The van der Waals surface area contributed by atoms with Crippen molar-refractivity contribution in [2.24, 2.45) is 5.92 Å². The molecule has 1 fully saturated rings. The lowest BCUT2D eigenvalue weighted by Crippen LogP contribution is -2.44. The number of esters is 1. The molecule has 4 aromatic rings. The number of unbranched alkanes of at least 4 members (excludes halogenated alkanes) is 2. The van der Waals surface area contributed by atoms with Crippen LogP contribution in [0.15, 0.2) is 47.3 Å². The van der Waals surface area contributed by atoms with Crippen LogP contribution >= 0.6 is 0 Å². The summed E-state index contributed by atoms with van der Waals surface area (Å²) in [4.78, 5) is 137. The number of likely N-dealkylation sites (tertiary alicyclic amines) is 1. The molecule has 2 aromatic carbocycles. The molecular formula is C58H69FN8O12. The van der Waals surface area contributed by atoms with Crippen LogP contribution in [0, 0.1) is 18.7 Å². The second-order valence-electron chi connectivity index (χ2n) is 21.3. The lowest BCUT2D eigenvalue weighted by molar-refractivity contribution is -0.172. The van der Waals surface area contributed by atoms with Crippen molar-refractivity contribution in [3.63, 3.8) is 0 Å². The van der Waals surface area contributed by atoms with Gasteiger partial charge < -0.3 is 40.6 Å². The normalized spacial score (nSPS) is 18.4. The first-order valence-corrected chi connectivity index (χ1v) is 27.3. The topological polar surface area (TPSA) is 273 Å². The fourth-order valence-electron chi connectivity index (χ4n) is 11.1. The molecule has 6 amide bonds. The van der Waals surface area contributed by atoms with Gasteiger partial charge in [0, 0.05) is 99.6 Å². The molecule has 21 heteroatoms. The number of amides is 6. The van der Waals surface area contributed by atoms with Crippen LogP contribution in [0.5, 0.6) is 0 Å². The number of aliphatic hydroxyl groups is 1. The molecule has 0 spiro atoms. The van der Waals surface area contributed by atoms with Crippen molar-refractivity contribution in [2.75, 3.05) is 39.8 Å². The van der Waals surface area contributed by atoms with Crippen molar-refractivity contribution in [3.8, 4) is 11.4 Å². The van der Waals surface area contributed by atoms with Gasteiger partial charge in [0.1, 0.15) is 12.4 Å². The van der Waals surface area contributed by atoms with E-state index >= 15 is 4.39 Å². The Morgan fingerprint density at radius 2 is 1.63 bits per heavy atom. The number of halogens is 1. The van der Waals surface area contributed by atoms with Gasteiger partial charge in [0.05, 0.1) is 47.6 Å². The number of carbonyl (C=O) groups excluding carboxylic acids is 9. The Morgan fingerprint density at radius 3 is 2.37 bits per heavy atom. The Hall–Kier alpha value is -7.52. The Labute approximate surface area is 456 Å². The van der Waals surface area contributed by atoms with E-state index in [0.29, 0.717) is 79.8 Å². The summed E-state index contributed by atoms with van der Waals surface area (Å²) in [6.45, 7) is 5.89. The minimum atomic E-state index is -2.02. The zero-order valence-electron chi connectivity index (χ0n) is 45.2. The van der Waals surface area contributed by atoms with Crippen LogP contribution < -0.4 is 26.8 Å². The number of ketones is 2. The number of imide groups is 1. The maximum atomic E-state index is 15.4. The number of benzene rings is 2. The molecule has 5 N–H and O–H groups in total. The summed E-state index contributed by atoms with van der Waals surface area (Å²) in [6.07, 6.45) is 2.62. The number of hydrogen-bond donors (Lipinski definition) is 5. The minimum Gasteiger partial charge on any atom is -0.458 e. The molecule has 4 atom stereocenters. The molecule has 0 radical (unpaired) electrons. The predicted octanol–water partition coefficient (Wildman–Crippen LogP) is 3.57. The fourth-order valence-corrected chi connectivity index (χ4v) is 11.1. The average molecular weight is 1090 g/mol. The highest BCUT2D eigenvalue weighted by Gasteiger charge is 2.46. The lowest BCUT2D eigenvalue weighted by atomic mass is 9.81. The van der Waals surface area contributed by atoms with Gasteiger partial charge in [-0.05, 0) is 80.8 Å². The van der Waals surface area contributed by atoms with Crippen molar-refractivity contribution < 1.29 is 57.4 Å². The number of nitrogens with zero attached hydrogens (tertiary/aromatic N) is 4. The largest absolute Gasteiger partial charge is 0.458 e. The third kappa shape index (κ3) is 13.0. The molecule has 79 heavy (non-hydrogen) atoms. The smallest absolute Gasteiger partial charge is 0.343 e. The van der Waals surface area contributed by atoms with Crippen LogP contribution in [0.2, 0.25) is 0 Å². The number of Topliss-reactive ketones (excluding diaryl/α,β-unsaturated/α-hetero) is 2. The number of hydrogen-bond acceptors (Lipinski definition) is 14. The van der Waals surface area contributed by atoms with Crippen LogP contribution in [-0.4, -0.2) is 123 Å². The van der Waals surface area contributed by atoms with E-state index in [1.807, 2.05) is 23.1 Å². The van der Waals surface area contributed by atoms with Crippen LogP contribution in [0.25, 0.3) is 22.3 Å². The fraction of sp³-hybridized carbons (Fsp3) is 0.500. The third-order valence-electron chi connectivity index (χ3n) is 15.7. The van der Waals surface area contributed by atoms with Crippen LogP contribution in [0.4, 0.5) is 4.39 Å². The lowest BCUT2D eigenvalue weighted by Gasteiger charge is -2.31. The number of nitrogens with one attached hydrogen (secondary N) is 4. The van der Waals surface area contributed by atoms with Gasteiger partial charge in [-0.25, -0.2) is 14.2 Å². The van der Waals surface area contributed by atoms with E-state index in [0.717, 1.165) is 22.1 Å². The van der Waals surface area contributed by atoms with Crippen molar-refractivity contribution in [3.05, 3.63) is 97.6 Å². The summed E-state index contributed by atoms with van der Waals surface area (Å²) in [5.74, 6) is -4.12. The maximum Gasteiger partial charge on any atom is 0.343 e. The number of ether oxygens (including phenoxy) is 1. The molecule has 2 aromatic heterocycles. The summed E-state index contributed by atoms with van der Waals surface area (Å²) in [5.41, 5.74) is 2.52. The average Bonchev–Trinajstić information content (AvgIpc) is 4.08. The van der Waals surface area contributed by atoms with Gasteiger partial charge in [-0.1, -0.05) is 50.6 Å². The summed E-state index contributed by atoms with van der Waals surface area (Å²) in [6, 6.07) is 10.6. The first-order valence-electron chi connectivity index (χ1n) is 27.3. The van der Waals surface area contributed by atoms with E-state index in [1.54, 1.807) is 46.0 Å². The van der Waals surface area contributed by atoms with Crippen molar-refractivity contribution in [1.82, 2.24) is 40.6 Å². The third-order valence-corrected chi connectivity index (χ3v) is 15.7.